The number of hydrogen-bond acceptors (Lipinski definition) is 3. The standard InChI is InChI=1S/C17H26F2N4/c18-17(19)8-2-1-6-14(17)12-22-9-3-5-13(11-22)16-21-20-15-7-4-10-23(15)16/h13-14H,1-12H2/t13-,14+/m0/s1. The van der Waals surface area contributed by atoms with Gasteiger partial charge in [-0.25, -0.2) is 8.78 Å². The zero-order valence-corrected chi connectivity index (χ0v) is 13.7. The number of rotatable bonds is 3. The largest absolute Gasteiger partial charge is 0.315 e. The van der Waals surface area contributed by atoms with E-state index in [0.717, 1.165) is 63.4 Å². The van der Waals surface area contributed by atoms with Crippen LogP contribution in [-0.2, 0) is 13.0 Å². The molecule has 2 aliphatic heterocycles. The van der Waals surface area contributed by atoms with Gasteiger partial charge in [0.05, 0.1) is 0 Å². The van der Waals surface area contributed by atoms with Crippen LogP contribution in [0.25, 0.3) is 0 Å². The maximum Gasteiger partial charge on any atom is 0.252 e. The van der Waals surface area contributed by atoms with E-state index in [1.165, 1.54) is 0 Å². The molecule has 3 aliphatic rings. The van der Waals surface area contributed by atoms with Crippen molar-refractivity contribution in [3.8, 4) is 0 Å². The van der Waals surface area contributed by atoms with Gasteiger partial charge in [-0.15, -0.1) is 10.2 Å². The lowest BCUT2D eigenvalue weighted by atomic mass is 9.84. The molecule has 2 atom stereocenters. The lowest BCUT2D eigenvalue weighted by molar-refractivity contribution is -0.0961. The molecule has 0 radical (unpaired) electrons. The fraction of sp³-hybridized carbons (Fsp3) is 0.882. The first-order valence-corrected chi connectivity index (χ1v) is 9.15. The van der Waals surface area contributed by atoms with Crippen LogP contribution in [0.4, 0.5) is 8.78 Å². The van der Waals surface area contributed by atoms with E-state index >= 15 is 0 Å². The molecule has 0 N–H and O–H groups in total. The number of alkyl halides is 2. The zero-order chi connectivity index (χ0) is 15.9. The van der Waals surface area contributed by atoms with Gasteiger partial charge >= 0.3 is 0 Å². The van der Waals surface area contributed by atoms with Crippen LogP contribution in [0.5, 0.6) is 0 Å². The van der Waals surface area contributed by atoms with Gasteiger partial charge in [0.15, 0.2) is 0 Å². The average molecular weight is 324 g/mol. The maximum atomic E-state index is 14.1. The van der Waals surface area contributed by atoms with Crippen molar-refractivity contribution in [2.24, 2.45) is 5.92 Å². The number of halogens is 2. The van der Waals surface area contributed by atoms with Crippen LogP contribution in [-0.4, -0.2) is 45.2 Å². The number of aromatic nitrogens is 3. The lowest BCUT2D eigenvalue weighted by Gasteiger charge is -2.38. The average Bonchev–Trinajstić information content (AvgIpc) is 3.12. The molecule has 1 aromatic rings. The lowest BCUT2D eigenvalue weighted by Crippen LogP contribution is -2.44. The quantitative estimate of drug-likeness (QED) is 0.856. The van der Waals surface area contributed by atoms with E-state index in [0.29, 0.717) is 25.3 Å². The van der Waals surface area contributed by atoms with E-state index in [1.807, 2.05) is 0 Å². The van der Waals surface area contributed by atoms with E-state index in [-0.39, 0.29) is 6.42 Å². The summed E-state index contributed by atoms with van der Waals surface area (Å²) < 4.78 is 30.5. The Kier molecular flexibility index (Phi) is 4.12. The van der Waals surface area contributed by atoms with Gasteiger partial charge in [0, 0.05) is 44.3 Å². The topological polar surface area (TPSA) is 34.0 Å². The SMILES string of the molecule is FC1(F)CCCC[C@@H]1CN1CCC[C@H](c2nnc3n2CCC3)C1. The van der Waals surface area contributed by atoms with Crippen molar-refractivity contribution in [1.29, 1.82) is 0 Å². The number of fused-ring (bicyclic) bond motifs is 1. The molecule has 3 heterocycles. The highest BCUT2D eigenvalue weighted by atomic mass is 19.3. The van der Waals surface area contributed by atoms with Crippen LogP contribution in [0.1, 0.15) is 62.5 Å². The van der Waals surface area contributed by atoms with Gasteiger partial charge < -0.3 is 9.47 Å². The van der Waals surface area contributed by atoms with Crippen LogP contribution in [0.3, 0.4) is 0 Å². The van der Waals surface area contributed by atoms with E-state index in [4.69, 9.17) is 0 Å². The third-order valence-electron chi connectivity index (χ3n) is 5.90. The first-order valence-electron chi connectivity index (χ1n) is 9.15. The molecule has 4 nitrogen and oxygen atoms in total. The highest BCUT2D eigenvalue weighted by Gasteiger charge is 2.42. The van der Waals surface area contributed by atoms with Gasteiger partial charge in [-0.1, -0.05) is 6.42 Å². The molecule has 0 spiro atoms. The minimum absolute atomic E-state index is 0.0760. The van der Waals surface area contributed by atoms with Crippen molar-refractivity contribution < 1.29 is 8.78 Å². The van der Waals surface area contributed by atoms with Crippen LogP contribution < -0.4 is 0 Å². The first kappa shape index (κ1) is 15.5. The predicted molar refractivity (Wildman–Crippen MR) is 83.7 cm³/mol. The minimum atomic E-state index is -2.47. The number of aryl methyl sites for hydroxylation is 1. The second kappa shape index (κ2) is 6.11. The summed E-state index contributed by atoms with van der Waals surface area (Å²) in [6.45, 7) is 3.38. The van der Waals surface area contributed by atoms with Crippen LogP contribution in [0.15, 0.2) is 0 Å². The summed E-state index contributed by atoms with van der Waals surface area (Å²) >= 11 is 0. The third kappa shape index (κ3) is 3.02. The summed E-state index contributed by atoms with van der Waals surface area (Å²) in [6.07, 6.45) is 6.75. The molecule has 2 fully saturated rings. The Morgan fingerprint density at radius 3 is 2.83 bits per heavy atom. The fourth-order valence-corrected chi connectivity index (χ4v) is 4.61. The molecule has 1 aromatic heterocycles. The number of nitrogens with zero attached hydrogens (tertiary/aromatic N) is 4. The van der Waals surface area contributed by atoms with E-state index in [9.17, 15) is 8.78 Å². The summed E-state index contributed by atoms with van der Waals surface area (Å²) in [5, 5.41) is 8.72. The van der Waals surface area contributed by atoms with Gasteiger partial charge in [-0.3, -0.25) is 0 Å². The second-order valence-corrected chi connectivity index (χ2v) is 7.53. The Balaban J connectivity index is 1.43. The molecule has 23 heavy (non-hydrogen) atoms. The van der Waals surface area contributed by atoms with Crippen molar-refractivity contribution in [3.63, 3.8) is 0 Å². The molecule has 0 amide bonds. The molecule has 0 bridgehead atoms. The van der Waals surface area contributed by atoms with Gasteiger partial charge in [0.25, 0.3) is 5.92 Å². The van der Waals surface area contributed by atoms with Crippen molar-refractivity contribution in [1.82, 2.24) is 19.7 Å². The van der Waals surface area contributed by atoms with E-state index in [1.54, 1.807) is 0 Å². The monoisotopic (exact) mass is 324 g/mol. The van der Waals surface area contributed by atoms with Crippen molar-refractivity contribution in [2.75, 3.05) is 19.6 Å². The second-order valence-electron chi connectivity index (χ2n) is 7.53. The van der Waals surface area contributed by atoms with Gasteiger partial charge in [0.2, 0.25) is 0 Å². The number of likely N-dealkylation sites (tertiary alicyclic amines) is 1. The fourth-order valence-electron chi connectivity index (χ4n) is 4.61. The minimum Gasteiger partial charge on any atom is -0.315 e. The molecule has 128 valence electrons. The highest BCUT2D eigenvalue weighted by molar-refractivity contribution is 5.07. The molecular weight excluding hydrogens is 298 g/mol. The molecule has 1 saturated carbocycles. The molecule has 1 aliphatic carbocycles. The predicted octanol–water partition coefficient (Wildman–Crippen LogP) is 3.23. The smallest absolute Gasteiger partial charge is 0.252 e. The zero-order valence-electron chi connectivity index (χ0n) is 13.7. The Bertz CT molecular complexity index is 557. The third-order valence-corrected chi connectivity index (χ3v) is 5.90. The van der Waals surface area contributed by atoms with Crippen molar-refractivity contribution >= 4 is 0 Å². The van der Waals surface area contributed by atoms with Crippen molar-refractivity contribution in [2.45, 2.75) is 69.8 Å². The Hall–Kier alpha value is -1.04. The Morgan fingerprint density at radius 2 is 1.96 bits per heavy atom. The summed E-state index contributed by atoms with van der Waals surface area (Å²) in [6, 6.07) is 0. The van der Waals surface area contributed by atoms with E-state index in [2.05, 4.69) is 19.7 Å². The summed E-state index contributed by atoms with van der Waals surface area (Å²) in [4.78, 5) is 2.26. The molecular formula is C17H26F2N4. The summed E-state index contributed by atoms with van der Waals surface area (Å²) in [5.41, 5.74) is 0. The Morgan fingerprint density at radius 1 is 1.04 bits per heavy atom. The summed E-state index contributed by atoms with van der Waals surface area (Å²) in [7, 11) is 0. The first-order chi connectivity index (χ1) is 11.1. The molecule has 0 unspecified atom stereocenters. The van der Waals surface area contributed by atoms with Crippen molar-refractivity contribution in [3.05, 3.63) is 11.6 Å². The Labute approximate surface area is 136 Å². The molecule has 0 aromatic carbocycles. The van der Waals surface area contributed by atoms with Crippen LogP contribution in [0, 0.1) is 5.92 Å². The molecule has 1 saturated heterocycles. The van der Waals surface area contributed by atoms with Gasteiger partial charge in [-0.05, 0) is 38.6 Å². The number of piperidine rings is 1. The summed E-state index contributed by atoms with van der Waals surface area (Å²) in [5.74, 6) is -0.366. The normalized spacial score (nSPS) is 31.2. The highest BCUT2D eigenvalue weighted by Crippen LogP contribution is 2.39. The molecule has 6 heteroatoms. The van der Waals surface area contributed by atoms with Crippen LogP contribution in [0.2, 0.25) is 0 Å². The molecule has 4 rings (SSSR count). The maximum absolute atomic E-state index is 14.1. The van der Waals surface area contributed by atoms with Gasteiger partial charge in [0.1, 0.15) is 11.6 Å². The number of hydrogen-bond donors (Lipinski definition) is 0. The van der Waals surface area contributed by atoms with Gasteiger partial charge in [-0.2, -0.15) is 0 Å². The van der Waals surface area contributed by atoms with E-state index < -0.39 is 11.8 Å². The van der Waals surface area contributed by atoms with Crippen LogP contribution >= 0.6 is 0 Å².